The van der Waals surface area contributed by atoms with Crippen LogP contribution < -0.4 is 10.6 Å². The topological polar surface area (TPSA) is 87.7 Å². The molecule has 0 spiro atoms. The summed E-state index contributed by atoms with van der Waals surface area (Å²) >= 11 is 0. The number of carbonyl (C=O) groups excluding carboxylic acids is 1. The lowest BCUT2D eigenvalue weighted by Crippen LogP contribution is -2.52. The summed E-state index contributed by atoms with van der Waals surface area (Å²) in [5.74, 6) is -0.858. The van der Waals surface area contributed by atoms with Gasteiger partial charge in [-0.25, -0.2) is 4.79 Å². The second-order valence-corrected chi connectivity index (χ2v) is 5.35. The first-order valence-electron chi connectivity index (χ1n) is 6.22. The van der Waals surface area contributed by atoms with Gasteiger partial charge >= 0.3 is 12.0 Å². The molecule has 104 valence electrons. The number of ether oxygens (including phenoxy) is 1. The number of amides is 2. The number of carbonyl (C=O) groups is 2. The predicted octanol–water partition coefficient (Wildman–Crippen LogP) is 1.11. The van der Waals surface area contributed by atoms with E-state index in [1.807, 2.05) is 20.8 Å². The Hall–Kier alpha value is -1.30. The highest BCUT2D eigenvalue weighted by atomic mass is 16.5. The first-order valence-corrected chi connectivity index (χ1v) is 6.22. The second-order valence-electron chi connectivity index (χ2n) is 5.35. The van der Waals surface area contributed by atoms with Gasteiger partial charge in [0.05, 0.1) is 12.1 Å². The molecule has 1 fully saturated rings. The number of rotatable bonds is 5. The molecule has 6 nitrogen and oxygen atoms in total. The molecule has 0 bridgehead atoms. The van der Waals surface area contributed by atoms with E-state index < -0.39 is 11.5 Å². The lowest BCUT2D eigenvalue weighted by molar-refractivity contribution is -0.137. The van der Waals surface area contributed by atoms with E-state index in [1.165, 1.54) is 0 Å². The van der Waals surface area contributed by atoms with Crippen LogP contribution >= 0.6 is 0 Å². The molecule has 1 aliphatic rings. The van der Waals surface area contributed by atoms with E-state index in [4.69, 9.17) is 9.84 Å². The third-order valence-corrected chi connectivity index (χ3v) is 3.11. The third-order valence-electron chi connectivity index (χ3n) is 3.11. The van der Waals surface area contributed by atoms with Gasteiger partial charge < -0.3 is 20.5 Å². The number of carboxylic acid groups (broad SMARTS) is 1. The van der Waals surface area contributed by atoms with Gasteiger partial charge in [-0.15, -0.1) is 0 Å². The van der Waals surface area contributed by atoms with Crippen molar-refractivity contribution in [3.63, 3.8) is 0 Å². The molecule has 18 heavy (non-hydrogen) atoms. The highest BCUT2D eigenvalue weighted by Crippen LogP contribution is 2.14. The number of aliphatic carboxylic acids is 1. The van der Waals surface area contributed by atoms with Crippen molar-refractivity contribution in [2.24, 2.45) is 0 Å². The summed E-state index contributed by atoms with van der Waals surface area (Å²) in [6.07, 6.45) is 1.27. The molecule has 2 unspecified atom stereocenters. The molecule has 6 heteroatoms. The van der Waals surface area contributed by atoms with Gasteiger partial charge in [-0.3, -0.25) is 4.79 Å². The van der Waals surface area contributed by atoms with Crippen LogP contribution in [0.15, 0.2) is 0 Å². The zero-order valence-electron chi connectivity index (χ0n) is 11.2. The highest BCUT2D eigenvalue weighted by molar-refractivity contribution is 5.75. The van der Waals surface area contributed by atoms with E-state index in [0.717, 1.165) is 6.42 Å². The van der Waals surface area contributed by atoms with Crippen LogP contribution in [-0.4, -0.2) is 41.4 Å². The predicted molar refractivity (Wildman–Crippen MR) is 66.4 cm³/mol. The highest BCUT2D eigenvalue weighted by Gasteiger charge is 2.28. The van der Waals surface area contributed by atoms with Crippen LogP contribution in [0.5, 0.6) is 0 Å². The van der Waals surface area contributed by atoms with Crippen molar-refractivity contribution >= 4 is 12.0 Å². The molecule has 0 aromatic heterocycles. The van der Waals surface area contributed by atoms with Crippen molar-refractivity contribution in [2.75, 3.05) is 6.61 Å². The Labute approximate surface area is 107 Å². The van der Waals surface area contributed by atoms with E-state index >= 15 is 0 Å². The van der Waals surface area contributed by atoms with Gasteiger partial charge in [-0.1, -0.05) is 0 Å². The lowest BCUT2D eigenvalue weighted by Gasteiger charge is -2.27. The average molecular weight is 258 g/mol. The zero-order chi connectivity index (χ0) is 13.8. The third kappa shape index (κ3) is 4.91. The van der Waals surface area contributed by atoms with Gasteiger partial charge in [0.2, 0.25) is 0 Å². The summed E-state index contributed by atoms with van der Waals surface area (Å²) in [6.45, 7) is 6.20. The molecule has 1 aliphatic heterocycles. The smallest absolute Gasteiger partial charge is 0.315 e. The molecule has 1 heterocycles. The van der Waals surface area contributed by atoms with Gasteiger partial charge in [0.25, 0.3) is 0 Å². The van der Waals surface area contributed by atoms with Gasteiger partial charge in [0.15, 0.2) is 0 Å². The molecule has 0 aliphatic carbocycles. The second kappa shape index (κ2) is 6.04. The van der Waals surface area contributed by atoms with Crippen LogP contribution in [0, 0.1) is 0 Å². The Morgan fingerprint density at radius 2 is 2.11 bits per heavy atom. The van der Waals surface area contributed by atoms with Gasteiger partial charge in [-0.2, -0.15) is 0 Å². The van der Waals surface area contributed by atoms with Gasteiger partial charge in [0.1, 0.15) is 0 Å². The van der Waals surface area contributed by atoms with Gasteiger partial charge in [0, 0.05) is 18.6 Å². The number of carboxylic acids is 1. The van der Waals surface area contributed by atoms with Crippen LogP contribution in [0.3, 0.4) is 0 Å². The molecule has 0 saturated carbocycles. The molecule has 2 atom stereocenters. The van der Waals surface area contributed by atoms with Crippen LogP contribution in [0.4, 0.5) is 4.79 Å². The van der Waals surface area contributed by atoms with Crippen molar-refractivity contribution < 1.29 is 19.4 Å². The summed E-state index contributed by atoms with van der Waals surface area (Å²) in [6, 6.07) is -0.243. The standard InChI is InChI=1S/C12H22N2O4/c1-8-9(5-7-18-8)13-11(17)14-12(2,3)6-4-10(15)16/h8-9H,4-7H2,1-3H3,(H,15,16)(H2,13,14,17). The molecule has 0 radical (unpaired) electrons. The fourth-order valence-corrected chi connectivity index (χ4v) is 1.92. The molecule has 3 N–H and O–H groups in total. The number of urea groups is 1. The van der Waals surface area contributed by atoms with Crippen molar-refractivity contribution in [1.82, 2.24) is 10.6 Å². The maximum atomic E-state index is 11.8. The Morgan fingerprint density at radius 1 is 1.44 bits per heavy atom. The molecular formula is C12H22N2O4. The van der Waals surface area contributed by atoms with Crippen LogP contribution in [0.25, 0.3) is 0 Å². The summed E-state index contributed by atoms with van der Waals surface area (Å²) in [4.78, 5) is 22.3. The molecule has 0 aromatic rings. The average Bonchev–Trinajstić information content (AvgIpc) is 2.61. The monoisotopic (exact) mass is 258 g/mol. The van der Waals surface area contributed by atoms with E-state index in [1.54, 1.807) is 0 Å². The molecule has 2 amide bonds. The van der Waals surface area contributed by atoms with Crippen LogP contribution in [-0.2, 0) is 9.53 Å². The number of nitrogens with one attached hydrogen (secondary N) is 2. The summed E-state index contributed by atoms with van der Waals surface area (Å²) in [5.41, 5.74) is -0.537. The quantitative estimate of drug-likeness (QED) is 0.689. The molecular weight excluding hydrogens is 236 g/mol. The number of hydrogen-bond acceptors (Lipinski definition) is 3. The maximum Gasteiger partial charge on any atom is 0.315 e. The largest absolute Gasteiger partial charge is 0.481 e. The van der Waals surface area contributed by atoms with Crippen LogP contribution in [0.2, 0.25) is 0 Å². The Morgan fingerprint density at radius 3 is 2.61 bits per heavy atom. The van der Waals surface area contributed by atoms with E-state index in [-0.39, 0.29) is 24.6 Å². The first-order chi connectivity index (χ1) is 8.30. The fraction of sp³-hybridized carbons (Fsp3) is 0.833. The Kier molecular flexibility index (Phi) is 4.95. The van der Waals surface area contributed by atoms with Crippen molar-refractivity contribution in [3.05, 3.63) is 0 Å². The molecule has 1 rings (SSSR count). The minimum absolute atomic E-state index is 0.0258. The molecule has 1 saturated heterocycles. The summed E-state index contributed by atoms with van der Waals surface area (Å²) in [5, 5.41) is 14.3. The van der Waals surface area contributed by atoms with Crippen molar-refractivity contribution in [1.29, 1.82) is 0 Å². The normalized spacial score (nSPS) is 23.7. The minimum atomic E-state index is -0.858. The summed E-state index contributed by atoms with van der Waals surface area (Å²) < 4.78 is 5.36. The molecule has 0 aromatic carbocycles. The van der Waals surface area contributed by atoms with Crippen molar-refractivity contribution in [3.8, 4) is 0 Å². The lowest BCUT2D eigenvalue weighted by atomic mass is 9.99. The van der Waals surface area contributed by atoms with E-state index in [0.29, 0.717) is 13.0 Å². The van der Waals surface area contributed by atoms with E-state index in [9.17, 15) is 9.59 Å². The zero-order valence-corrected chi connectivity index (χ0v) is 11.2. The van der Waals surface area contributed by atoms with Crippen molar-refractivity contribution in [2.45, 2.75) is 57.7 Å². The maximum absolute atomic E-state index is 11.8. The SMILES string of the molecule is CC1OCCC1NC(=O)NC(C)(C)CCC(=O)O. The Balaban J connectivity index is 2.36. The summed E-state index contributed by atoms with van der Waals surface area (Å²) in [7, 11) is 0. The number of hydrogen-bond donors (Lipinski definition) is 3. The minimum Gasteiger partial charge on any atom is -0.481 e. The first kappa shape index (κ1) is 14.8. The van der Waals surface area contributed by atoms with Crippen LogP contribution in [0.1, 0.15) is 40.0 Å². The van der Waals surface area contributed by atoms with E-state index in [2.05, 4.69) is 10.6 Å². The fourth-order valence-electron chi connectivity index (χ4n) is 1.92. The Bertz CT molecular complexity index is 317. The van der Waals surface area contributed by atoms with Gasteiger partial charge in [-0.05, 0) is 33.6 Å².